The molecule has 0 spiro atoms. The fourth-order valence-electron chi connectivity index (χ4n) is 3.65. The van der Waals surface area contributed by atoms with Crippen LogP contribution in [0, 0.1) is 17.8 Å². The standard InChI is InChI=1S/C19H32O7/c1-8-15(24-13(6)20)17(25-14(7)21)16-12(5)11(4)9-19(26-16,10(2)3)18(22)23/h10-12,15-17H,8-9H2,1-7H3,(H,22,23)/t11-,12-,15-,16?,17-,19+/m1/s1. The lowest BCUT2D eigenvalue weighted by Crippen LogP contribution is -2.60. The first-order chi connectivity index (χ1) is 12.0. The molecular weight excluding hydrogens is 340 g/mol. The first kappa shape index (κ1) is 22.4. The summed E-state index contributed by atoms with van der Waals surface area (Å²) < 4.78 is 17.0. The molecule has 1 saturated heterocycles. The third kappa shape index (κ3) is 4.75. The summed E-state index contributed by atoms with van der Waals surface area (Å²) in [5.74, 6) is -2.36. The number of esters is 2. The monoisotopic (exact) mass is 372 g/mol. The molecule has 0 aromatic heterocycles. The molecule has 0 bridgehead atoms. The number of hydrogen-bond acceptors (Lipinski definition) is 6. The van der Waals surface area contributed by atoms with E-state index >= 15 is 0 Å². The number of carbonyl (C=O) groups excluding carboxylic acids is 2. The maximum atomic E-state index is 12.1. The third-order valence-electron chi connectivity index (χ3n) is 5.39. The lowest BCUT2D eigenvalue weighted by molar-refractivity contribution is -0.243. The highest BCUT2D eigenvalue weighted by Gasteiger charge is 2.54. The van der Waals surface area contributed by atoms with Crippen molar-refractivity contribution in [2.24, 2.45) is 17.8 Å². The van der Waals surface area contributed by atoms with Crippen LogP contribution in [0.2, 0.25) is 0 Å². The highest BCUT2D eigenvalue weighted by Crippen LogP contribution is 2.43. The van der Waals surface area contributed by atoms with Crippen molar-refractivity contribution in [2.45, 2.75) is 85.2 Å². The van der Waals surface area contributed by atoms with E-state index in [2.05, 4.69) is 0 Å². The van der Waals surface area contributed by atoms with E-state index in [0.717, 1.165) is 0 Å². The van der Waals surface area contributed by atoms with Gasteiger partial charge in [-0.3, -0.25) is 9.59 Å². The van der Waals surface area contributed by atoms with Crippen molar-refractivity contribution in [1.82, 2.24) is 0 Å². The van der Waals surface area contributed by atoms with Gasteiger partial charge in [0, 0.05) is 13.8 Å². The van der Waals surface area contributed by atoms with Crippen molar-refractivity contribution in [3.63, 3.8) is 0 Å². The smallest absolute Gasteiger partial charge is 0.336 e. The van der Waals surface area contributed by atoms with Gasteiger partial charge in [0.05, 0.1) is 0 Å². The number of rotatable bonds is 7. The number of carboxylic acids is 1. The van der Waals surface area contributed by atoms with Gasteiger partial charge in [-0.1, -0.05) is 34.6 Å². The Kier molecular flexibility index (Phi) is 7.62. The Morgan fingerprint density at radius 1 is 1.15 bits per heavy atom. The Hall–Kier alpha value is -1.63. The molecule has 26 heavy (non-hydrogen) atoms. The zero-order chi connectivity index (χ0) is 20.2. The van der Waals surface area contributed by atoms with Crippen LogP contribution in [0.15, 0.2) is 0 Å². The normalized spacial score (nSPS) is 31.2. The van der Waals surface area contributed by atoms with Crippen LogP contribution >= 0.6 is 0 Å². The second-order valence-corrected chi connectivity index (χ2v) is 7.60. The average molecular weight is 372 g/mol. The van der Waals surface area contributed by atoms with E-state index in [4.69, 9.17) is 14.2 Å². The summed E-state index contributed by atoms with van der Waals surface area (Å²) in [7, 11) is 0. The molecule has 1 aliphatic rings. The van der Waals surface area contributed by atoms with E-state index in [0.29, 0.717) is 12.8 Å². The van der Waals surface area contributed by atoms with Gasteiger partial charge in [0.2, 0.25) is 0 Å². The van der Waals surface area contributed by atoms with Crippen molar-refractivity contribution in [3.8, 4) is 0 Å². The molecule has 0 aliphatic carbocycles. The van der Waals surface area contributed by atoms with Crippen LogP contribution in [-0.4, -0.2) is 46.9 Å². The molecule has 0 aromatic carbocycles. The molecule has 0 aromatic rings. The molecular formula is C19H32O7. The van der Waals surface area contributed by atoms with E-state index in [1.165, 1.54) is 13.8 Å². The van der Waals surface area contributed by atoms with Crippen LogP contribution in [0.3, 0.4) is 0 Å². The number of carbonyl (C=O) groups is 3. The zero-order valence-corrected chi connectivity index (χ0v) is 16.8. The summed E-state index contributed by atoms with van der Waals surface area (Å²) >= 11 is 0. The van der Waals surface area contributed by atoms with Crippen LogP contribution in [0.1, 0.15) is 61.3 Å². The zero-order valence-electron chi connectivity index (χ0n) is 16.8. The van der Waals surface area contributed by atoms with E-state index in [9.17, 15) is 19.5 Å². The second-order valence-electron chi connectivity index (χ2n) is 7.60. The quantitative estimate of drug-likeness (QED) is 0.686. The lowest BCUT2D eigenvalue weighted by atomic mass is 9.72. The molecule has 7 nitrogen and oxygen atoms in total. The molecule has 0 radical (unpaired) electrons. The first-order valence-corrected chi connectivity index (χ1v) is 9.21. The van der Waals surface area contributed by atoms with Gasteiger partial charge < -0.3 is 19.3 Å². The first-order valence-electron chi connectivity index (χ1n) is 9.21. The summed E-state index contributed by atoms with van der Waals surface area (Å²) in [5.41, 5.74) is -1.37. The number of aliphatic carboxylic acids is 1. The van der Waals surface area contributed by atoms with Crippen LogP contribution < -0.4 is 0 Å². The van der Waals surface area contributed by atoms with Gasteiger partial charge in [0.25, 0.3) is 0 Å². The van der Waals surface area contributed by atoms with Gasteiger partial charge >= 0.3 is 17.9 Å². The molecule has 150 valence electrons. The fraction of sp³-hybridized carbons (Fsp3) is 0.842. The van der Waals surface area contributed by atoms with Gasteiger partial charge in [0.15, 0.2) is 11.7 Å². The minimum atomic E-state index is -1.37. The summed E-state index contributed by atoms with van der Waals surface area (Å²) in [5, 5.41) is 9.87. The maximum Gasteiger partial charge on any atom is 0.336 e. The largest absolute Gasteiger partial charge is 0.479 e. The molecule has 1 N–H and O–H groups in total. The van der Waals surface area contributed by atoms with Gasteiger partial charge in [-0.15, -0.1) is 0 Å². The Labute approximate surface area is 155 Å². The molecule has 1 rings (SSSR count). The topological polar surface area (TPSA) is 99.1 Å². The molecule has 1 unspecified atom stereocenters. The second kappa shape index (κ2) is 8.84. The lowest BCUT2D eigenvalue weighted by Gasteiger charge is -2.49. The predicted molar refractivity (Wildman–Crippen MR) is 94.4 cm³/mol. The summed E-state index contributed by atoms with van der Waals surface area (Å²) in [6.07, 6.45) is -1.47. The van der Waals surface area contributed by atoms with E-state index in [-0.39, 0.29) is 17.8 Å². The van der Waals surface area contributed by atoms with Gasteiger partial charge in [-0.05, 0) is 30.6 Å². The molecule has 0 amide bonds. The molecule has 1 fully saturated rings. The highest BCUT2D eigenvalue weighted by atomic mass is 16.6. The van der Waals surface area contributed by atoms with Crippen LogP contribution in [0.5, 0.6) is 0 Å². The van der Waals surface area contributed by atoms with Crippen molar-refractivity contribution in [3.05, 3.63) is 0 Å². The molecule has 6 atom stereocenters. The molecule has 0 saturated carbocycles. The van der Waals surface area contributed by atoms with E-state index in [1.807, 2.05) is 20.8 Å². The summed E-state index contributed by atoms with van der Waals surface area (Å²) in [4.78, 5) is 35.2. The molecule has 1 heterocycles. The van der Waals surface area contributed by atoms with Crippen molar-refractivity contribution in [2.75, 3.05) is 0 Å². The number of carboxylic acid groups (broad SMARTS) is 1. The van der Waals surface area contributed by atoms with Crippen LogP contribution in [0.25, 0.3) is 0 Å². The SMILES string of the molecule is CC[C@@H](OC(C)=O)[C@@H](OC(C)=O)C1O[C@](C(=O)O)(C(C)C)C[C@@H](C)[C@H]1C. The highest BCUT2D eigenvalue weighted by molar-refractivity contribution is 5.78. The molecule has 1 aliphatic heterocycles. The van der Waals surface area contributed by atoms with Crippen LogP contribution in [0.4, 0.5) is 0 Å². The number of ether oxygens (including phenoxy) is 3. The predicted octanol–water partition coefficient (Wildman–Crippen LogP) is 2.80. The van der Waals surface area contributed by atoms with Crippen molar-refractivity contribution >= 4 is 17.9 Å². The summed E-state index contributed by atoms with van der Waals surface area (Å²) in [6, 6.07) is 0. The van der Waals surface area contributed by atoms with Crippen molar-refractivity contribution < 1.29 is 33.7 Å². The Balaban J connectivity index is 3.33. The Morgan fingerprint density at radius 3 is 2.08 bits per heavy atom. The fourth-order valence-corrected chi connectivity index (χ4v) is 3.65. The average Bonchev–Trinajstić information content (AvgIpc) is 2.52. The minimum absolute atomic E-state index is 0.0279. The Bertz CT molecular complexity index is 530. The Morgan fingerprint density at radius 2 is 1.69 bits per heavy atom. The van der Waals surface area contributed by atoms with Crippen LogP contribution in [-0.2, 0) is 28.6 Å². The van der Waals surface area contributed by atoms with Gasteiger partial charge in [-0.25, -0.2) is 4.79 Å². The van der Waals surface area contributed by atoms with Gasteiger partial charge in [-0.2, -0.15) is 0 Å². The molecule has 7 heteroatoms. The van der Waals surface area contributed by atoms with E-state index < -0.39 is 41.8 Å². The maximum absolute atomic E-state index is 12.1. The minimum Gasteiger partial charge on any atom is -0.479 e. The van der Waals surface area contributed by atoms with Crippen molar-refractivity contribution in [1.29, 1.82) is 0 Å². The number of hydrogen-bond donors (Lipinski definition) is 1. The van der Waals surface area contributed by atoms with E-state index in [1.54, 1.807) is 13.8 Å². The van der Waals surface area contributed by atoms with Gasteiger partial charge in [0.1, 0.15) is 12.2 Å². The third-order valence-corrected chi connectivity index (χ3v) is 5.39. The summed E-state index contributed by atoms with van der Waals surface area (Å²) in [6.45, 7) is 11.9.